The molecule has 2 atom stereocenters. The van der Waals surface area contributed by atoms with Crippen LogP contribution >= 0.6 is 0 Å². The number of nitrogens with zero attached hydrogens (tertiary/aromatic N) is 2. The number of carbonyl (C=O) groups is 2. The number of carbonyl (C=O) groups excluding carboxylic acids is 2. The highest BCUT2D eigenvalue weighted by Crippen LogP contribution is 2.25. The molecule has 2 aliphatic rings. The van der Waals surface area contributed by atoms with E-state index in [1.807, 2.05) is 9.80 Å². The van der Waals surface area contributed by atoms with Crippen LogP contribution in [0.2, 0.25) is 0 Å². The molecule has 0 spiro atoms. The fraction of sp³-hybridized carbons (Fsp3) is 0.579. The third-order valence-electron chi connectivity index (χ3n) is 5.24. The van der Waals surface area contributed by atoms with Gasteiger partial charge >= 0.3 is 0 Å². The van der Waals surface area contributed by atoms with Crippen LogP contribution in [0.5, 0.6) is 0 Å². The van der Waals surface area contributed by atoms with Crippen LogP contribution in [-0.4, -0.2) is 60.4 Å². The topological polar surface area (TPSA) is 78.7 Å². The summed E-state index contributed by atoms with van der Waals surface area (Å²) in [6.45, 7) is 2.93. The molecule has 0 aromatic heterocycles. The third kappa shape index (κ3) is 5.02. The Morgan fingerprint density at radius 2 is 1.81 bits per heavy atom. The van der Waals surface area contributed by atoms with Crippen LogP contribution in [0, 0.1) is 11.7 Å². The van der Waals surface area contributed by atoms with E-state index in [1.54, 1.807) is 12.1 Å². The number of anilines is 1. The number of piperazine rings is 1. The zero-order valence-corrected chi connectivity index (χ0v) is 15.0. The van der Waals surface area contributed by atoms with Gasteiger partial charge in [-0.15, -0.1) is 0 Å². The average Bonchev–Trinajstić information content (AvgIpc) is 2.64. The summed E-state index contributed by atoms with van der Waals surface area (Å²) in [6, 6.07) is 5.86. The minimum atomic E-state index is -0.331. The van der Waals surface area contributed by atoms with E-state index in [0.29, 0.717) is 31.9 Å². The fourth-order valence-electron chi connectivity index (χ4n) is 3.77. The minimum Gasteiger partial charge on any atom is -0.340 e. The van der Waals surface area contributed by atoms with Gasteiger partial charge in [-0.25, -0.2) is 4.39 Å². The largest absolute Gasteiger partial charge is 0.340 e. The van der Waals surface area contributed by atoms with E-state index in [0.717, 1.165) is 25.7 Å². The van der Waals surface area contributed by atoms with Crippen molar-refractivity contribution in [1.29, 1.82) is 0 Å². The van der Waals surface area contributed by atoms with Crippen molar-refractivity contribution in [3.8, 4) is 0 Å². The van der Waals surface area contributed by atoms with Crippen LogP contribution in [-0.2, 0) is 9.59 Å². The monoisotopic (exact) mass is 362 g/mol. The first-order valence-corrected chi connectivity index (χ1v) is 9.33. The Morgan fingerprint density at radius 1 is 1.12 bits per heavy atom. The van der Waals surface area contributed by atoms with E-state index < -0.39 is 0 Å². The van der Waals surface area contributed by atoms with Crippen molar-refractivity contribution >= 4 is 17.5 Å². The lowest BCUT2D eigenvalue weighted by Crippen LogP contribution is -2.52. The van der Waals surface area contributed by atoms with Gasteiger partial charge < -0.3 is 16.0 Å². The number of nitrogens with two attached hydrogens (primary N) is 1. The number of nitrogens with one attached hydrogen (secondary N) is 1. The Kier molecular flexibility index (Phi) is 6.21. The summed E-state index contributed by atoms with van der Waals surface area (Å²) in [5.74, 6) is -0.181. The maximum absolute atomic E-state index is 12.9. The smallest absolute Gasteiger partial charge is 0.238 e. The molecule has 1 aliphatic carbocycles. The van der Waals surface area contributed by atoms with Crippen molar-refractivity contribution in [1.82, 2.24) is 9.80 Å². The number of hydrogen-bond donors (Lipinski definition) is 2. The summed E-state index contributed by atoms with van der Waals surface area (Å²) < 4.78 is 12.9. The third-order valence-corrected chi connectivity index (χ3v) is 5.24. The van der Waals surface area contributed by atoms with Crippen molar-refractivity contribution in [2.45, 2.75) is 31.7 Å². The van der Waals surface area contributed by atoms with Crippen molar-refractivity contribution < 1.29 is 14.0 Å². The second kappa shape index (κ2) is 8.60. The number of halogens is 1. The molecular formula is C19H27FN4O2. The van der Waals surface area contributed by atoms with Gasteiger partial charge in [0.05, 0.1) is 6.54 Å². The van der Waals surface area contributed by atoms with Gasteiger partial charge in [-0.2, -0.15) is 0 Å². The summed E-state index contributed by atoms with van der Waals surface area (Å²) in [5.41, 5.74) is 6.58. The zero-order valence-electron chi connectivity index (χ0n) is 15.0. The van der Waals surface area contributed by atoms with E-state index in [-0.39, 0.29) is 36.1 Å². The molecule has 1 saturated carbocycles. The predicted molar refractivity (Wildman–Crippen MR) is 98.0 cm³/mol. The first kappa shape index (κ1) is 18.8. The van der Waals surface area contributed by atoms with Gasteiger partial charge in [0.15, 0.2) is 0 Å². The van der Waals surface area contributed by atoms with E-state index in [9.17, 15) is 14.0 Å². The summed E-state index contributed by atoms with van der Waals surface area (Å²) in [4.78, 5) is 28.7. The predicted octanol–water partition coefficient (Wildman–Crippen LogP) is 1.43. The molecule has 1 heterocycles. The molecule has 142 valence electrons. The second-order valence-electron chi connectivity index (χ2n) is 7.28. The lowest BCUT2D eigenvalue weighted by Gasteiger charge is -2.37. The molecule has 1 aliphatic heterocycles. The molecule has 2 fully saturated rings. The molecule has 7 heteroatoms. The number of benzene rings is 1. The average molecular weight is 362 g/mol. The van der Waals surface area contributed by atoms with Gasteiger partial charge in [-0.1, -0.05) is 6.42 Å². The Morgan fingerprint density at radius 3 is 2.46 bits per heavy atom. The molecule has 0 bridgehead atoms. The van der Waals surface area contributed by atoms with Crippen LogP contribution < -0.4 is 11.1 Å². The van der Waals surface area contributed by atoms with Gasteiger partial charge in [-0.3, -0.25) is 14.5 Å². The van der Waals surface area contributed by atoms with E-state index in [2.05, 4.69) is 5.32 Å². The molecule has 6 nitrogen and oxygen atoms in total. The lowest BCUT2D eigenvalue weighted by atomic mass is 9.85. The van der Waals surface area contributed by atoms with Crippen LogP contribution in [0.1, 0.15) is 25.7 Å². The molecule has 1 saturated heterocycles. The maximum atomic E-state index is 12.9. The summed E-state index contributed by atoms with van der Waals surface area (Å²) in [5, 5.41) is 2.77. The van der Waals surface area contributed by atoms with E-state index in [4.69, 9.17) is 5.73 Å². The van der Waals surface area contributed by atoms with Gasteiger partial charge in [0.2, 0.25) is 11.8 Å². The molecule has 2 unspecified atom stereocenters. The standard InChI is InChI=1S/C19H27FN4O2/c20-15-4-6-17(7-5-15)22-18(25)13-23-8-10-24(11-9-23)19(26)14-2-1-3-16(21)12-14/h4-7,14,16H,1-3,8-13,21H2,(H,22,25). The maximum Gasteiger partial charge on any atom is 0.238 e. The normalized spacial score (nSPS) is 24.3. The van der Waals surface area contributed by atoms with Crippen LogP contribution in [0.15, 0.2) is 24.3 Å². The number of amides is 2. The minimum absolute atomic E-state index is 0.0621. The first-order chi connectivity index (χ1) is 12.5. The molecule has 3 N–H and O–H groups in total. The van der Waals surface area contributed by atoms with Crippen LogP contribution in [0.4, 0.5) is 10.1 Å². The van der Waals surface area contributed by atoms with Crippen molar-refractivity contribution in [2.24, 2.45) is 11.7 Å². The Balaban J connectivity index is 1.42. The van der Waals surface area contributed by atoms with Gasteiger partial charge in [0, 0.05) is 43.8 Å². The van der Waals surface area contributed by atoms with Crippen LogP contribution in [0.25, 0.3) is 0 Å². The highest BCUT2D eigenvalue weighted by atomic mass is 19.1. The van der Waals surface area contributed by atoms with Crippen LogP contribution in [0.3, 0.4) is 0 Å². The molecule has 0 radical (unpaired) electrons. The number of rotatable bonds is 4. The molecule has 1 aromatic carbocycles. The van der Waals surface area contributed by atoms with Gasteiger partial charge in [0.1, 0.15) is 5.82 Å². The summed E-state index contributed by atoms with van der Waals surface area (Å²) in [6.07, 6.45) is 3.77. The van der Waals surface area contributed by atoms with Gasteiger partial charge in [-0.05, 0) is 43.5 Å². The zero-order chi connectivity index (χ0) is 18.5. The lowest BCUT2D eigenvalue weighted by molar-refractivity contribution is -0.138. The number of hydrogen-bond acceptors (Lipinski definition) is 4. The molecule has 3 rings (SSSR count). The molecular weight excluding hydrogens is 335 g/mol. The van der Waals surface area contributed by atoms with Crippen molar-refractivity contribution in [3.63, 3.8) is 0 Å². The highest BCUT2D eigenvalue weighted by molar-refractivity contribution is 5.92. The fourth-order valence-corrected chi connectivity index (χ4v) is 3.77. The van der Waals surface area contributed by atoms with E-state index >= 15 is 0 Å². The van der Waals surface area contributed by atoms with Crippen molar-refractivity contribution in [3.05, 3.63) is 30.1 Å². The molecule has 2 amide bonds. The Bertz CT molecular complexity index is 629. The molecule has 26 heavy (non-hydrogen) atoms. The quantitative estimate of drug-likeness (QED) is 0.849. The van der Waals surface area contributed by atoms with Crippen molar-refractivity contribution in [2.75, 3.05) is 38.0 Å². The SMILES string of the molecule is NC1CCCC(C(=O)N2CCN(CC(=O)Nc3ccc(F)cc3)CC2)C1. The summed E-state index contributed by atoms with van der Waals surface area (Å²) in [7, 11) is 0. The van der Waals surface area contributed by atoms with E-state index in [1.165, 1.54) is 12.1 Å². The first-order valence-electron chi connectivity index (χ1n) is 9.33. The molecule has 1 aromatic rings. The Hall–Kier alpha value is -1.99. The Labute approximate surface area is 153 Å². The highest BCUT2D eigenvalue weighted by Gasteiger charge is 2.30. The summed E-state index contributed by atoms with van der Waals surface area (Å²) >= 11 is 0. The second-order valence-corrected chi connectivity index (χ2v) is 7.28. The van der Waals surface area contributed by atoms with Gasteiger partial charge in [0.25, 0.3) is 0 Å².